The second-order valence-electron chi connectivity index (χ2n) is 10.5. The molecule has 1 aliphatic heterocycles. The SMILES string of the molecule is CC(C)n1c(=O)c(-c2ncc([S+]([O-])c3ccncc3)cc2Cl)cc2cnc(Nc3ccc(OC4CCCNC4)cc3)nc21. The summed E-state index contributed by atoms with van der Waals surface area (Å²) in [6.07, 6.45) is 8.62. The number of rotatable bonds is 8. The minimum Gasteiger partial charge on any atom is -0.606 e. The number of aromatic nitrogens is 5. The Hall–Kier alpha value is -4.03. The summed E-state index contributed by atoms with van der Waals surface area (Å²) >= 11 is 5.13. The van der Waals surface area contributed by atoms with Gasteiger partial charge in [-0.15, -0.1) is 0 Å². The number of piperidine rings is 1. The van der Waals surface area contributed by atoms with Gasteiger partial charge in [-0.05, 0) is 63.6 Å². The minimum atomic E-state index is -1.49. The number of anilines is 2. The summed E-state index contributed by atoms with van der Waals surface area (Å²) in [5.41, 5.74) is 1.59. The van der Waals surface area contributed by atoms with E-state index >= 15 is 0 Å². The van der Waals surface area contributed by atoms with Crippen LogP contribution in [0.1, 0.15) is 32.7 Å². The monoisotopic (exact) mass is 615 g/mol. The maximum absolute atomic E-state index is 13.8. The van der Waals surface area contributed by atoms with Gasteiger partial charge in [-0.3, -0.25) is 14.3 Å². The molecule has 0 saturated carbocycles. The highest BCUT2D eigenvalue weighted by molar-refractivity contribution is 7.91. The number of hydrogen-bond acceptors (Lipinski definition) is 9. The molecule has 2 atom stereocenters. The van der Waals surface area contributed by atoms with Crippen LogP contribution in [-0.2, 0) is 11.2 Å². The van der Waals surface area contributed by atoms with E-state index in [2.05, 4.69) is 25.6 Å². The number of fused-ring (bicyclic) bond motifs is 1. The second-order valence-corrected chi connectivity index (χ2v) is 12.4. The van der Waals surface area contributed by atoms with Crippen LogP contribution in [0.5, 0.6) is 5.75 Å². The van der Waals surface area contributed by atoms with E-state index in [0.717, 1.165) is 37.4 Å². The molecule has 6 rings (SSSR count). The summed E-state index contributed by atoms with van der Waals surface area (Å²) in [5.74, 6) is 1.17. The lowest BCUT2D eigenvalue weighted by molar-refractivity contribution is 0.167. The zero-order chi connectivity index (χ0) is 29.9. The topological polar surface area (TPSA) is 130 Å². The predicted molar refractivity (Wildman–Crippen MR) is 168 cm³/mol. The molecule has 5 heterocycles. The highest BCUT2D eigenvalue weighted by Gasteiger charge is 2.22. The van der Waals surface area contributed by atoms with E-state index in [0.29, 0.717) is 38.0 Å². The van der Waals surface area contributed by atoms with Crippen LogP contribution in [0.25, 0.3) is 22.3 Å². The average molecular weight is 616 g/mol. The van der Waals surface area contributed by atoms with Crippen molar-refractivity contribution < 1.29 is 9.29 Å². The fourth-order valence-corrected chi connectivity index (χ4v) is 6.35. The fourth-order valence-electron chi connectivity index (χ4n) is 5.01. The van der Waals surface area contributed by atoms with Gasteiger partial charge in [0.25, 0.3) is 5.56 Å². The molecule has 4 aromatic heterocycles. The number of nitrogens with one attached hydrogen (secondary N) is 2. The first-order valence-electron chi connectivity index (χ1n) is 14.0. The van der Waals surface area contributed by atoms with Gasteiger partial charge < -0.3 is 19.9 Å². The molecule has 0 amide bonds. The third kappa shape index (κ3) is 6.35. The maximum atomic E-state index is 13.8. The van der Waals surface area contributed by atoms with E-state index in [4.69, 9.17) is 21.3 Å². The van der Waals surface area contributed by atoms with Crippen molar-refractivity contribution in [3.05, 3.63) is 88.7 Å². The first-order chi connectivity index (χ1) is 20.9. The number of hydrogen-bond donors (Lipinski definition) is 2. The van der Waals surface area contributed by atoms with Crippen molar-refractivity contribution in [2.75, 3.05) is 18.4 Å². The summed E-state index contributed by atoms with van der Waals surface area (Å²) in [5, 5.41) is 7.46. The zero-order valence-corrected chi connectivity index (χ0v) is 25.2. The summed E-state index contributed by atoms with van der Waals surface area (Å²) in [4.78, 5) is 32.4. The zero-order valence-electron chi connectivity index (χ0n) is 23.7. The first kappa shape index (κ1) is 29.1. The van der Waals surface area contributed by atoms with Gasteiger partial charge >= 0.3 is 0 Å². The lowest BCUT2D eigenvalue weighted by Gasteiger charge is -2.24. The van der Waals surface area contributed by atoms with Gasteiger partial charge in [0.15, 0.2) is 9.79 Å². The van der Waals surface area contributed by atoms with Crippen LogP contribution in [-0.4, -0.2) is 48.2 Å². The van der Waals surface area contributed by atoms with Crippen molar-refractivity contribution in [3.8, 4) is 17.0 Å². The van der Waals surface area contributed by atoms with Crippen molar-refractivity contribution in [2.24, 2.45) is 0 Å². The molecular weight excluding hydrogens is 586 g/mol. The van der Waals surface area contributed by atoms with E-state index in [-0.39, 0.29) is 22.7 Å². The number of pyridine rings is 3. The van der Waals surface area contributed by atoms with Crippen molar-refractivity contribution >= 4 is 45.4 Å². The van der Waals surface area contributed by atoms with Crippen LogP contribution in [0.3, 0.4) is 0 Å². The third-order valence-corrected chi connectivity index (χ3v) is 8.74. The fraction of sp³-hybridized carbons (Fsp3) is 0.258. The van der Waals surface area contributed by atoms with Crippen molar-refractivity contribution in [3.63, 3.8) is 0 Å². The molecular formula is C31H30ClN7O3S. The van der Waals surface area contributed by atoms with Gasteiger partial charge in [-0.25, -0.2) is 9.97 Å². The molecule has 1 aliphatic rings. The largest absolute Gasteiger partial charge is 0.606 e. The summed E-state index contributed by atoms with van der Waals surface area (Å²) < 4.78 is 20.7. The summed E-state index contributed by atoms with van der Waals surface area (Å²) in [6.45, 7) is 5.72. The van der Waals surface area contributed by atoms with Gasteiger partial charge in [-0.2, -0.15) is 4.98 Å². The van der Waals surface area contributed by atoms with Crippen molar-refractivity contribution in [1.82, 2.24) is 29.8 Å². The molecule has 43 heavy (non-hydrogen) atoms. The molecule has 2 unspecified atom stereocenters. The van der Waals surface area contributed by atoms with Crippen molar-refractivity contribution in [1.29, 1.82) is 0 Å². The van der Waals surface area contributed by atoms with Crippen LogP contribution in [0, 0.1) is 0 Å². The molecule has 220 valence electrons. The predicted octanol–water partition coefficient (Wildman–Crippen LogP) is 5.52. The molecule has 10 nitrogen and oxygen atoms in total. The lowest BCUT2D eigenvalue weighted by Crippen LogP contribution is -2.37. The highest BCUT2D eigenvalue weighted by atomic mass is 35.5. The number of nitrogens with zero attached hydrogens (tertiary/aromatic N) is 5. The maximum Gasteiger partial charge on any atom is 0.261 e. The van der Waals surface area contributed by atoms with Crippen LogP contribution in [0.2, 0.25) is 5.02 Å². The van der Waals surface area contributed by atoms with E-state index in [9.17, 15) is 9.35 Å². The summed E-state index contributed by atoms with van der Waals surface area (Å²) in [6, 6.07) is 14.1. The van der Waals surface area contributed by atoms with Crippen LogP contribution < -0.4 is 20.9 Å². The molecule has 0 bridgehead atoms. The Morgan fingerprint density at radius 3 is 2.58 bits per heavy atom. The molecule has 1 aromatic carbocycles. The molecule has 0 radical (unpaired) electrons. The summed E-state index contributed by atoms with van der Waals surface area (Å²) in [7, 11) is 0. The molecule has 0 spiro atoms. The minimum absolute atomic E-state index is 0.174. The lowest BCUT2D eigenvalue weighted by atomic mass is 10.1. The Labute approximate surface area is 256 Å². The van der Waals surface area contributed by atoms with Gasteiger partial charge in [0.05, 0.1) is 22.5 Å². The highest BCUT2D eigenvalue weighted by Crippen LogP contribution is 2.30. The normalized spacial score (nSPS) is 15.9. The Kier molecular flexibility index (Phi) is 8.57. The van der Waals surface area contributed by atoms with E-state index in [1.54, 1.807) is 47.4 Å². The van der Waals surface area contributed by atoms with Crippen LogP contribution in [0.4, 0.5) is 11.6 Å². The molecule has 1 saturated heterocycles. The number of halogens is 1. The van der Waals surface area contributed by atoms with Gasteiger partial charge in [0.2, 0.25) is 5.95 Å². The van der Waals surface area contributed by atoms with Gasteiger partial charge in [0.1, 0.15) is 17.5 Å². The Balaban J connectivity index is 1.28. The molecule has 1 fully saturated rings. The van der Waals surface area contributed by atoms with E-state index < -0.39 is 11.2 Å². The Bertz CT molecular complexity index is 1800. The van der Waals surface area contributed by atoms with E-state index in [1.807, 2.05) is 38.1 Å². The smallest absolute Gasteiger partial charge is 0.261 e. The Morgan fingerprint density at radius 1 is 1.09 bits per heavy atom. The van der Waals surface area contributed by atoms with Gasteiger partial charge in [-0.1, -0.05) is 11.6 Å². The molecule has 5 aromatic rings. The van der Waals surface area contributed by atoms with Gasteiger partial charge in [0, 0.05) is 71.6 Å². The average Bonchev–Trinajstić information content (AvgIpc) is 3.02. The number of ether oxygens (including phenoxy) is 1. The third-order valence-electron chi connectivity index (χ3n) is 7.10. The standard InChI is InChI=1S/C31H30ClN7O3S/c1-19(2)39-29-20(16-36-31(38-29)37-21-5-7-22(8-6-21)42-23-4-3-11-34-17-23)14-26(30(39)40)28-27(32)15-25(18-35-28)43(41)24-9-12-33-13-10-24/h5-10,12-16,18-19,23,34H,3-4,11,17H2,1-2H3,(H,36,37,38). The molecule has 0 aliphatic carbocycles. The first-order valence-corrected chi connectivity index (χ1v) is 15.5. The Morgan fingerprint density at radius 2 is 1.88 bits per heavy atom. The number of benzene rings is 1. The quantitative estimate of drug-likeness (QED) is 0.217. The second kappa shape index (κ2) is 12.7. The van der Waals surface area contributed by atoms with Crippen LogP contribution >= 0.6 is 11.6 Å². The van der Waals surface area contributed by atoms with Crippen LogP contribution in [0.15, 0.2) is 87.9 Å². The molecule has 2 N–H and O–H groups in total. The molecule has 12 heteroatoms. The van der Waals surface area contributed by atoms with Crippen molar-refractivity contribution in [2.45, 2.75) is 48.6 Å². The van der Waals surface area contributed by atoms with E-state index in [1.165, 1.54) is 6.20 Å².